The van der Waals surface area contributed by atoms with Crippen LogP contribution >= 0.6 is 23.4 Å². The summed E-state index contributed by atoms with van der Waals surface area (Å²) in [5.41, 5.74) is 1.62. The Morgan fingerprint density at radius 1 is 1.14 bits per heavy atom. The highest BCUT2D eigenvalue weighted by Gasteiger charge is 2.20. The number of nitrogens with zero attached hydrogens (tertiary/aromatic N) is 1. The van der Waals surface area contributed by atoms with Crippen LogP contribution < -0.4 is 14.4 Å². The molecule has 6 nitrogen and oxygen atoms in total. The van der Waals surface area contributed by atoms with Gasteiger partial charge >= 0.3 is 0 Å². The maximum Gasteiger partial charge on any atom is 0.240 e. The monoisotopic (exact) mass is 456 g/mol. The van der Waals surface area contributed by atoms with Crippen LogP contribution in [0.1, 0.15) is 12.0 Å². The van der Waals surface area contributed by atoms with Crippen molar-refractivity contribution in [3.8, 4) is 5.75 Å². The first kappa shape index (κ1) is 23.4. The summed E-state index contributed by atoms with van der Waals surface area (Å²) in [5.74, 6) is 2.04. The van der Waals surface area contributed by atoms with E-state index in [0.717, 1.165) is 33.5 Å². The molecular formula is C20H25ClN2O4S2. The van der Waals surface area contributed by atoms with Gasteiger partial charge in [-0.2, -0.15) is 11.8 Å². The average Bonchev–Trinajstić information content (AvgIpc) is 2.69. The molecule has 1 amide bonds. The maximum atomic E-state index is 12.2. The zero-order valence-electron chi connectivity index (χ0n) is 16.4. The van der Waals surface area contributed by atoms with E-state index in [1.54, 1.807) is 36.0 Å². The first-order valence-electron chi connectivity index (χ1n) is 9.00. The number of anilines is 1. The number of carbonyl (C=O) groups is 1. The highest BCUT2D eigenvalue weighted by molar-refractivity contribution is 7.98. The van der Waals surface area contributed by atoms with Crippen molar-refractivity contribution in [3.05, 3.63) is 59.1 Å². The van der Waals surface area contributed by atoms with Crippen LogP contribution in [0.5, 0.6) is 5.75 Å². The predicted octanol–water partition coefficient (Wildman–Crippen LogP) is 3.55. The molecule has 0 saturated carbocycles. The predicted molar refractivity (Wildman–Crippen MR) is 120 cm³/mol. The SMILES string of the molecule is COc1ccc(N(CC(=O)NCCCSCc2ccc(Cl)cc2)S(C)(=O)=O)cc1. The van der Waals surface area contributed by atoms with Gasteiger partial charge in [0.15, 0.2) is 0 Å². The Bertz CT molecular complexity index is 888. The van der Waals surface area contributed by atoms with Crippen molar-refractivity contribution in [3.63, 3.8) is 0 Å². The van der Waals surface area contributed by atoms with Crippen molar-refractivity contribution in [1.82, 2.24) is 5.32 Å². The summed E-state index contributed by atoms with van der Waals surface area (Å²) < 4.78 is 30.4. The number of carbonyl (C=O) groups excluding carboxylic acids is 1. The second kappa shape index (κ2) is 11.3. The van der Waals surface area contributed by atoms with Crippen LogP contribution in [0, 0.1) is 0 Å². The van der Waals surface area contributed by atoms with E-state index in [0.29, 0.717) is 18.0 Å². The Kier molecular flexibility index (Phi) is 9.13. The lowest BCUT2D eigenvalue weighted by molar-refractivity contribution is -0.119. The van der Waals surface area contributed by atoms with E-state index in [1.807, 2.05) is 24.3 Å². The summed E-state index contributed by atoms with van der Waals surface area (Å²) in [6, 6.07) is 14.3. The topological polar surface area (TPSA) is 75.7 Å². The third-order valence-corrected chi connectivity index (χ3v) is 6.52. The minimum Gasteiger partial charge on any atom is -0.497 e. The van der Waals surface area contributed by atoms with Gasteiger partial charge in [-0.1, -0.05) is 23.7 Å². The van der Waals surface area contributed by atoms with E-state index >= 15 is 0 Å². The van der Waals surface area contributed by atoms with Gasteiger partial charge in [0.1, 0.15) is 12.3 Å². The van der Waals surface area contributed by atoms with Crippen molar-refractivity contribution in [2.45, 2.75) is 12.2 Å². The van der Waals surface area contributed by atoms with Gasteiger partial charge < -0.3 is 10.1 Å². The highest BCUT2D eigenvalue weighted by Crippen LogP contribution is 2.21. The Balaban J connectivity index is 1.75. The quantitative estimate of drug-likeness (QED) is 0.523. The number of sulfonamides is 1. The third kappa shape index (κ3) is 8.16. The first-order chi connectivity index (χ1) is 13.8. The van der Waals surface area contributed by atoms with E-state index in [1.165, 1.54) is 12.7 Å². The van der Waals surface area contributed by atoms with Crippen LogP contribution in [0.4, 0.5) is 5.69 Å². The number of nitrogens with one attached hydrogen (secondary N) is 1. The Labute approximate surface area is 181 Å². The zero-order valence-corrected chi connectivity index (χ0v) is 18.8. The van der Waals surface area contributed by atoms with Crippen molar-refractivity contribution < 1.29 is 17.9 Å². The molecular weight excluding hydrogens is 432 g/mol. The second-order valence-electron chi connectivity index (χ2n) is 6.35. The van der Waals surface area contributed by atoms with Gasteiger partial charge in [-0.3, -0.25) is 9.10 Å². The molecule has 0 saturated heterocycles. The number of methoxy groups -OCH3 is 1. The molecule has 0 aliphatic rings. The van der Waals surface area contributed by atoms with E-state index < -0.39 is 10.0 Å². The lowest BCUT2D eigenvalue weighted by atomic mass is 10.2. The minimum atomic E-state index is -3.59. The minimum absolute atomic E-state index is 0.261. The normalized spacial score (nSPS) is 11.1. The van der Waals surface area contributed by atoms with E-state index in [4.69, 9.17) is 16.3 Å². The van der Waals surface area contributed by atoms with Gasteiger partial charge in [-0.05, 0) is 54.1 Å². The summed E-state index contributed by atoms with van der Waals surface area (Å²) in [5, 5.41) is 3.50. The molecule has 0 atom stereocenters. The molecule has 0 bridgehead atoms. The first-order valence-corrected chi connectivity index (χ1v) is 12.4. The van der Waals surface area contributed by atoms with Crippen molar-refractivity contribution in [1.29, 1.82) is 0 Å². The zero-order chi connectivity index (χ0) is 21.3. The highest BCUT2D eigenvalue weighted by atomic mass is 35.5. The van der Waals surface area contributed by atoms with E-state index in [9.17, 15) is 13.2 Å². The van der Waals surface area contributed by atoms with Crippen LogP contribution in [0.2, 0.25) is 5.02 Å². The standard InChI is InChI=1S/C20H25ClN2O4S2/c1-27-19-10-8-18(9-11-19)23(29(2,25)26)14-20(24)22-12-3-13-28-15-16-4-6-17(21)7-5-16/h4-11H,3,12-15H2,1-2H3,(H,22,24). The molecule has 29 heavy (non-hydrogen) atoms. The van der Waals surface area contributed by atoms with Crippen molar-refractivity contribution >= 4 is 45.0 Å². The van der Waals surface area contributed by atoms with E-state index in [2.05, 4.69) is 5.32 Å². The van der Waals surface area contributed by atoms with Gasteiger partial charge in [-0.15, -0.1) is 0 Å². The average molecular weight is 457 g/mol. The lowest BCUT2D eigenvalue weighted by Crippen LogP contribution is -2.40. The molecule has 2 aromatic carbocycles. The van der Waals surface area contributed by atoms with Crippen molar-refractivity contribution in [2.75, 3.05) is 36.5 Å². The second-order valence-corrected chi connectivity index (χ2v) is 9.80. The van der Waals surface area contributed by atoms with Gasteiger partial charge in [0.05, 0.1) is 19.1 Å². The van der Waals surface area contributed by atoms with Crippen LogP contribution in [-0.2, 0) is 20.6 Å². The molecule has 9 heteroatoms. The molecule has 0 aliphatic carbocycles. The number of hydrogen-bond donors (Lipinski definition) is 1. The number of halogens is 1. The number of thioether (sulfide) groups is 1. The maximum absolute atomic E-state index is 12.2. The summed E-state index contributed by atoms with van der Waals surface area (Å²) in [4.78, 5) is 12.2. The Morgan fingerprint density at radius 3 is 2.38 bits per heavy atom. The number of amides is 1. The smallest absolute Gasteiger partial charge is 0.240 e. The third-order valence-electron chi connectivity index (χ3n) is 4.02. The molecule has 0 radical (unpaired) electrons. The molecule has 0 fully saturated rings. The van der Waals surface area contributed by atoms with Crippen LogP contribution in [0.15, 0.2) is 48.5 Å². The molecule has 0 aliphatic heterocycles. The fourth-order valence-corrected chi connectivity index (χ4v) is 4.41. The molecule has 2 aromatic rings. The molecule has 0 spiro atoms. The van der Waals surface area contributed by atoms with Gasteiger partial charge in [0.2, 0.25) is 15.9 Å². The fourth-order valence-electron chi connectivity index (χ4n) is 2.51. The fraction of sp³-hybridized carbons (Fsp3) is 0.350. The van der Waals surface area contributed by atoms with Gasteiger partial charge in [0.25, 0.3) is 0 Å². The molecule has 0 unspecified atom stereocenters. The molecule has 1 N–H and O–H groups in total. The Morgan fingerprint density at radius 2 is 1.79 bits per heavy atom. The molecule has 0 aromatic heterocycles. The van der Waals surface area contributed by atoms with Crippen LogP contribution in [-0.4, -0.2) is 46.5 Å². The van der Waals surface area contributed by atoms with Crippen LogP contribution in [0.25, 0.3) is 0 Å². The Hall–Kier alpha value is -1.90. The number of ether oxygens (including phenoxy) is 1. The van der Waals surface area contributed by atoms with Gasteiger partial charge in [0, 0.05) is 17.3 Å². The molecule has 158 valence electrons. The number of hydrogen-bond acceptors (Lipinski definition) is 5. The van der Waals surface area contributed by atoms with Crippen molar-refractivity contribution in [2.24, 2.45) is 0 Å². The van der Waals surface area contributed by atoms with Crippen LogP contribution in [0.3, 0.4) is 0 Å². The molecule has 0 heterocycles. The summed E-state index contributed by atoms with van der Waals surface area (Å²) in [6.07, 6.45) is 1.88. The van der Waals surface area contributed by atoms with E-state index in [-0.39, 0.29) is 12.5 Å². The lowest BCUT2D eigenvalue weighted by Gasteiger charge is -2.22. The summed E-state index contributed by atoms with van der Waals surface area (Å²) in [7, 11) is -2.06. The molecule has 2 rings (SSSR count). The van der Waals surface area contributed by atoms with Gasteiger partial charge in [-0.25, -0.2) is 8.42 Å². The largest absolute Gasteiger partial charge is 0.497 e. The summed E-state index contributed by atoms with van der Waals surface area (Å²) >= 11 is 7.64. The number of benzene rings is 2. The summed E-state index contributed by atoms with van der Waals surface area (Å²) in [6.45, 7) is 0.232. The number of rotatable bonds is 11.